The molecule has 0 saturated heterocycles. The van der Waals surface area contributed by atoms with Crippen LogP contribution >= 0.6 is 0 Å². The molecule has 0 aliphatic carbocycles. The van der Waals surface area contributed by atoms with E-state index in [4.69, 9.17) is 24.0 Å². The van der Waals surface area contributed by atoms with Gasteiger partial charge in [-0.05, 0) is 36.4 Å². The molecule has 0 saturated carbocycles. The van der Waals surface area contributed by atoms with Gasteiger partial charge in [-0.2, -0.15) is 5.10 Å². The number of rotatable bonds is 3. The average molecular weight is 400 g/mol. The number of hydrogen-bond donors (Lipinski definition) is 0. The number of methoxy groups -OCH3 is 1. The molecule has 6 heteroatoms. The Hall–Kier alpha value is -3.67. The van der Waals surface area contributed by atoms with Crippen molar-refractivity contribution in [2.24, 2.45) is 5.10 Å². The van der Waals surface area contributed by atoms with E-state index in [1.807, 2.05) is 60.7 Å². The summed E-state index contributed by atoms with van der Waals surface area (Å²) in [6.45, 7) is 0.263. The number of ether oxygens (including phenoxy) is 4. The van der Waals surface area contributed by atoms with Gasteiger partial charge in [0.25, 0.3) is 0 Å². The fourth-order valence-corrected chi connectivity index (χ4v) is 4.30. The molecule has 30 heavy (non-hydrogen) atoms. The van der Waals surface area contributed by atoms with E-state index in [0.29, 0.717) is 0 Å². The summed E-state index contributed by atoms with van der Waals surface area (Å²) in [6.07, 6.45) is 0.465. The highest BCUT2D eigenvalue weighted by Crippen LogP contribution is 2.48. The summed E-state index contributed by atoms with van der Waals surface area (Å²) in [5.41, 5.74) is 4.20. The van der Waals surface area contributed by atoms with Crippen molar-refractivity contribution < 1.29 is 18.9 Å². The first-order valence-corrected chi connectivity index (χ1v) is 9.95. The zero-order valence-corrected chi connectivity index (χ0v) is 16.4. The van der Waals surface area contributed by atoms with Gasteiger partial charge in [0.2, 0.25) is 13.0 Å². The summed E-state index contributed by atoms with van der Waals surface area (Å²) in [6, 6.07) is 22.3. The molecule has 0 spiro atoms. The number of hydrogen-bond acceptors (Lipinski definition) is 6. The van der Waals surface area contributed by atoms with E-state index in [9.17, 15) is 0 Å². The van der Waals surface area contributed by atoms with Gasteiger partial charge in [0.15, 0.2) is 11.5 Å². The third-order valence-corrected chi connectivity index (χ3v) is 5.78. The Morgan fingerprint density at radius 1 is 0.933 bits per heavy atom. The van der Waals surface area contributed by atoms with E-state index in [1.165, 1.54) is 0 Å². The van der Waals surface area contributed by atoms with Gasteiger partial charge in [0.1, 0.15) is 11.5 Å². The molecule has 0 unspecified atom stereocenters. The van der Waals surface area contributed by atoms with Crippen LogP contribution in [0.1, 0.15) is 35.4 Å². The third-order valence-electron chi connectivity index (χ3n) is 5.78. The first kappa shape index (κ1) is 17.2. The van der Waals surface area contributed by atoms with Crippen molar-refractivity contribution in [3.8, 4) is 23.0 Å². The Morgan fingerprint density at radius 2 is 1.83 bits per heavy atom. The third kappa shape index (κ3) is 2.68. The Balaban J connectivity index is 1.43. The average Bonchev–Trinajstić information content (AvgIpc) is 3.45. The van der Waals surface area contributed by atoms with Crippen LogP contribution in [0.25, 0.3) is 0 Å². The molecule has 6 rings (SSSR count). The second-order valence-corrected chi connectivity index (χ2v) is 7.50. The van der Waals surface area contributed by atoms with Crippen molar-refractivity contribution in [3.05, 3.63) is 83.4 Å². The van der Waals surface area contributed by atoms with Gasteiger partial charge < -0.3 is 18.9 Å². The Kier molecular flexibility index (Phi) is 3.84. The van der Waals surface area contributed by atoms with E-state index < -0.39 is 0 Å². The molecule has 0 bridgehead atoms. The van der Waals surface area contributed by atoms with Gasteiger partial charge in [0.05, 0.1) is 18.9 Å². The summed E-state index contributed by atoms with van der Waals surface area (Å²) in [7, 11) is 1.67. The van der Waals surface area contributed by atoms with Crippen LogP contribution in [0.2, 0.25) is 0 Å². The van der Waals surface area contributed by atoms with E-state index in [0.717, 1.165) is 51.8 Å². The molecule has 0 N–H and O–H groups in total. The van der Waals surface area contributed by atoms with E-state index in [1.54, 1.807) is 7.11 Å². The molecule has 6 nitrogen and oxygen atoms in total. The number of benzene rings is 3. The number of nitrogens with zero attached hydrogens (tertiary/aromatic N) is 2. The van der Waals surface area contributed by atoms with Gasteiger partial charge in [-0.1, -0.05) is 30.3 Å². The fourth-order valence-electron chi connectivity index (χ4n) is 4.30. The minimum Gasteiger partial charge on any atom is -0.497 e. The lowest BCUT2D eigenvalue weighted by Crippen LogP contribution is -2.33. The van der Waals surface area contributed by atoms with Crippen LogP contribution in [0.15, 0.2) is 71.8 Å². The van der Waals surface area contributed by atoms with Crippen molar-refractivity contribution >= 4 is 5.71 Å². The quantitative estimate of drug-likeness (QED) is 0.640. The van der Waals surface area contributed by atoms with Crippen LogP contribution < -0.4 is 18.9 Å². The van der Waals surface area contributed by atoms with Crippen LogP contribution in [-0.2, 0) is 0 Å². The molecule has 0 aromatic heterocycles. The maximum atomic E-state index is 6.41. The van der Waals surface area contributed by atoms with Crippen molar-refractivity contribution in [1.29, 1.82) is 0 Å². The Morgan fingerprint density at radius 3 is 2.77 bits per heavy atom. The van der Waals surface area contributed by atoms with Gasteiger partial charge in [0, 0.05) is 23.1 Å². The summed E-state index contributed by atoms with van der Waals surface area (Å²) >= 11 is 0. The highest BCUT2D eigenvalue weighted by molar-refractivity contribution is 6.02. The molecule has 0 amide bonds. The fraction of sp³-hybridized carbons (Fsp3) is 0.208. The minimum absolute atomic E-state index is 0.103. The van der Waals surface area contributed by atoms with E-state index in [2.05, 4.69) is 11.1 Å². The highest BCUT2D eigenvalue weighted by atomic mass is 16.7. The van der Waals surface area contributed by atoms with Crippen LogP contribution in [0, 0.1) is 0 Å². The minimum atomic E-state index is -0.327. The van der Waals surface area contributed by atoms with Gasteiger partial charge in [-0.15, -0.1) is 0 Å². The van der Waals surface area contributed by atoms with E-state index >= 15 is 0 Å². The summed E-state index contributed by atoms with van der Waals surface area (Å²) in [5, 5.41) is 7.07. The highest BCUT2D eigenvalue weighted by Gasteiger charge is 2.41. The largest absolute Gasteiger partial charge is 0.497 e. The van der Waals surface area contributed by atoms with Crippen LogP contribution in [0.4, 0.5) is 0 Å². The lowest BCUT2D eigenvalue weighted by atomic mass is 9.96. The summed E-state index contributed by atoms with van der Waals surface area (Å²) < 4.78 is 22.8. The zero-order chi connectivity index (χ0) is 20.1. The molecule has 3 aliphatic rings. The van der Waals surface area contributed by atoms with Crippen LogP contribution in [-0.4, -0.2) is 24.6 Å². The molecule has 3 heterocycles. The molecule has 3 aromatic rings. The first-order chi connectivity index (χ1) is 14.8. The van der Waals surface area contributed by atoms with Crippen molar-refractivity contribution in [1.82, 2.24) is 5.01 Å². The summed E-state index contributed by atoms with van der Waals surface area (Å²) in [5.74, 6) is 3.23. The van der Waals surface area contributed by atoms with E-state index in [-0.39, 0.29) is 19.1 Å². The lowest BCUT2D eigenvalue weighted by molar-refractivity contribution is -0.0191. The van der Waals surface area contributed by atoms with Crippen LogP contribution in [0.5, 0.6) is 23.0 Å². The second kappa shape index (κ2) is 6.69. The maximum Gasteiger partial charge on any atom is 0.231 e. The lowest BCUT2D eigenvalue weighted by Gasteiger charge is -2.38. The predicted octanol–water partition coefficient (Wildman–Crippen LogP) is 4.67. The molecule has 150 valence electrons. The maximum absolute atomic E-state index is 6.41. The Bertz CT molecular complexity index is 1160. The standard InChI is InChI=1S/C24H20N2O4/c1-27-17-6-4-5-16(11-17)24-26-20(18-7-2-3-8-21(18)30-24)13-19(25-26)15-9-10-22-23(12-15)29-14-28-22/h2-12,20,24H,13-14H2,1H3/t20-,24+/m0/s1. The molecule has 3 aliphatic heterocycles. The zero-order valence-electron chi connectivity index (χ0n) is 16.4. The SMILES string of the molecule is COc1cccc([C@H]2Oc3ccccc3[C@@H]3CC(c4ccc5c(c4)OCO5)=NN23)c1. The number of para-hydroxylation sites is 1. The Labute approximate surface area is 174 Å². The van der Waals surface area contributed by atoms with Gasteiger partial charge in [-0.3, -0.25) is 0 Å². The number of fused-ring (bicyclic) bond motifs is 4. The normalized spacial score (nSPS) is 20.8. The molecule has 3 aromatic carbocycles. The molecular weight excluding hydrogens is 380 g/mol. The first-order valence-electron chi connectivity index (χ1n) is 9.95. The number of hydrazone groups is 1. The van der Waals surface area contributed by atoms with Crippen molar-refractivity contribution in [2.75, 3.05) is 13.9 Å². The predicted molar refractivity (Wildman–Crippen MR) is 111 cm³/mol. The topological polar surface area (TPSA) is 52.5 Å². The second-order valence-electron chi connectivity index (χ2n) is 7.50. The smallest absolute Gasteiger partial charge is 0.231 e. The van der Waals surface area contributed by atoms with Gasteiger partial charge in [-0.25, -0.2) is 5.01 Å². The van der Waals surface area contributed by atoms with Crippen molar-refractivity contribution in [2.45, 2.75) is 18.7 Å². The molecule has 0 fully saturated rings. The monoisotopic (exact) mass is 400 g/mol. The summed E-state index contributed by atoms with van der Waals surface area (Å²) in [4.78, 5) is 0. The van der Waals surface area contributed by atoms with Gasteiger partial charge >= 0.3 is 0 Å². The van der Waals surface area contributed by atoms with Crippen LogP contribution in [0.3, 0.4) is 0 Å². The molecule has 0 radical (unpaired) electrons. The molecule has 2 atom stereocenters. The molecular formula is C24H20N2O4. The van der Waals surface area contributed by atoms with Crippen molar-refractivity contribution in [3.63, 3.8) is 0 Å².